The van der Waals surface area contributed by atoms with Crippen LogP contribution in [-0.2, 0) is 6.42 Å². The number of hydrogen-bond donors (Lipinski definition) is 1. The predicted octanol–water partition coefficient (Wildman–Crippen LogP) is 2.29. The highest BCUT2D eigenvalue weighted by atomic mass is 19.1. The molecule has 0 aromatic heterocycles. The Morgan fingerprint density at radius 1 is 1.50 bits per heavy atom. The van der Waals surface area contributed by atoms with Crippen molar-refractivity contribution in [2.45, 2.75) is 20.3 Å². The number of aliphatic hydroxyl groups is 1. The number of nitro benzene ring substituents is 1. The van der Waals surface area contributed by atoms with E-state index in [-0.39, 0.29) is 12.0 Å². The van der Waals surface area contributed by atoms with Crippen molar-refractivity contribution in [2.24, 2.45) is 5.41 Å². The summed E-state index contributed by atoms with van der Waals surface area (Å²) < 4.78 is 13.0. The van der Waals surface area contributed by atoms with Gasteiger partial charge in [-0.1, -0.05) is 19.9 Å². The summed E-state index contributed by atoms with van der Waals surface area (Å²) in [4.78, 5) is 9.78. The molecule has 0 amide bonds. The summed E-state index contributed by atoms with van der Waals surface area (Å²) in [5.41, 5.74) is -0.246. The molecular weight excluding hydrogens is 213 g/mol. The average Bonchev–Trinajstić information content (AvgIpc) is 2.20. The van der Waals surface area contributed by atoms with Crippen LogP contribution in [0.4, 0.5) is 10.1 Å². The fraction of sp³-hybridized carbons (Fsp3) is 0.455. The molecule has 88 valence electrons. The van der Waals surface area contributed by atoms with E-state index in [4.69, 9.17) is 5.11 Å². The lowest BCUT2D eigenvalue weighted by Crippen LogP contribution is -2.19. The van der Waals surface area contributed by atoms with E-state index in [1.165, 1.54) is 12.1 Å². The van der Waals surface area contributed by atoms with Crippen LogP contribution in [0, 0.1) is 21.3 Å². The van der Waals surface area contributed by atoms with Crippen molar-refractivity contribution < 1.29 is 14.4 Å². The van der Waals surface area contributed by atoms with E-state index in [9.17, 15) is 14.5 Å². The van der Waals surface area contributed by atoms with Crippen LogP contribution in [0.5, 0.6) is 0 Å². The van der Waals surface area contributed by atoms with E-state index in [1.54, 1.807) is 0 Å². The van der Waals surface area contributed by atoms with Gasteiger partial charge in [0.15, 0.2) is 0 Å². The molecule has 0 atom stereocenters. The second-order valence-electron chi connectivity index (χ2n) is 4.54. The Balaban J connectivity index is 3.00. The largest absolute Gasteiger partial charge is 0.396 e. The zero-order valence-electron chi connectivity index (χ0n) is 9.24. The van der Waals surface area contributed by atoms with Crippen LogP contribution in [0.1, 0.15) is 19.4 Å². The number of aliphatic hydroxyl groups excluding tert-OH is 1. The minimum Gasteiger partial charge on any atom is -0.396 e. The highest BCUT2D eigenvalue weighted by Gasteiger charge is 2.20. The van der Waals surface area contributed by atoms with Crippen LogP contribution in [-0.4, -0.2) is 16.6 Å². The quantitative estimate of drug-likeness (QED) is 0.634. The monoisotopic (exact) mass is 227 g/mol. The fourth-order valence-corrected chi connectivity index (χ4v) is 1.42. The first-order valence-electron chi connectivity index (χ1n) is 4.89. The second kappa shape index (κ2) is 4.57. The Labute approximate surface area is 92.9 Å². The highest BCUT2D eigenvalue weighted by Crippen LogP contribution is 2.25. The van der Waals surface area contributed by atoms with Crippen molar-refractivity contribution >= 4 is 5.69 Å². The first-order chi connectivity index (χ1) is 7.35. The van der Waals surface area contributed by atoms with Crippen LogP contribution in [0.2, 0.25) is 0 Å². The SMILES string of the molecule is CC(C)(CO)Cc1ccc(F)c([N+](=O)[O-])c1. The molecule has 0 fully saturated rings. The molecule has 0 saturated heterocycles. The molecule has 0 bridgehead atoms. The number of rotatable bonds is 4. The summed E-state index contributed by atoms with van der Waals surface area (Å²) in [6, 6.07) is 3.80. The summed E-state index contributed by atoms with van der Waals surface area (Å²) in [5.74, 6) is -0.837. The normalized spacial score (nSPS) is 11.5. The molecule has 0 aliphatic heterocycles. The van der Waals surface area contributed by atoms with Crippen LogP contribution in [0.15, 0.2) is 18.2 Å². The smallest absolute Gasteiger partial charge is 0.305 e. The number of benzene rings is 1. The van der Waals surface area contributed by atoms with Gasteiger partial charge in [0.25, 0.3) is 0 Å². The van der Waals surface area contributed by atoms with E-state index >= 15 is 0 Å². The maximum atomic E-state index is 13.0. The molecule has 4 nitrogen and oxygen atoms in total. The van der Waals surface area contributed by atoms with E-state index in [1.807, 2.05) is 13.8 Å². The predicted molar refractivity (Wildman–Crippen MR) is 57.6 cm³/mol. The molecule has 1 rings (SSSR count). The van der Waals surface area contributed by atoms with E-state index in [2.05, 4.69) is 0 Å². The zero-order valence-corrected chi connectivity index (χ0v) is 9.24. The minimum absolute atomic E-state index is 0.0296. The summed E-state index contributed by atoms with van der Waals surface area (Å²) in [5, 5.41) is 19.6. The van der Waals surface area contributed by atoms with Gasteiger partial charge in [-0.2, -0.15) is 4.39 Å². The summed E-state index contributed by atoms with van der Waals surface area (Å²) in [6.45, 7) is 3.64. The Morgan fingerprint density at radius 3 is 2.62 bits per heavy atom. The molecule has 0 aliphatic rings. The van der Waals surface area contributed by atoms with Crippen molar-refractivity contribution in [3.05, 3.63) is 39.7 Å². The highest BCUT2D eigenvalue weighted by molar-refractivity contribution is 5.36. The second-order valence-corrected chi connectivity index (χ2v) is 4.54. The summed E-state index contributed by atoms with van der Waals surface area (Å²) in [7, 11) is 0. The van der Waals surface area contributed by atoms with E-state index in [0.29, 0.717) is 12.0 Å². The molecule has 0 aliphatic carbocycles. The number of halogens is 1. The molecule has 5 heteroatoms. The van der Waals surface area contributed by atoms with Crippen LogP contribution in [0.3, 0.4) is 0 Å². The molecule has 1 aromatic rings. The van der Waals surface area contributed by atoms with Gasteiger partial charge < -0.3 is 5.11 Å². The van der Waals surface area contributed by atoms with Gasteiger partial charge in [0.2, 0.25) is 5.82 Å². The number of nitrogens with zero attached hydrogens (tertiary/aromatic N) is 1. The molecule has 0 radical (unpaired) electrons. The fourth-order valence-electron chi connectivity index (χ4n) is 1.42. The first-order valence-corrected chi connectivity index (χ1v) is 4.89. The lowest BCUT2D eigenvalue weighted by molar-refractivity contribution is -0.387. The van der Waals surface area contributed by atoms with Gasteiger partial charge in [0.05, 0.1) is 4.92 Å². The van der Waals surface area contributed by atoms with E-state index in [0.717, 1.165) is 6.07 Å². The maximum Gasteiger partial charge on any atom is 0.305 e. The van der Waals surface area contributed by atoms with Crippen molar-refractivity contribution in [3.63, 3.8) is 0 Å². The third kappa shape index (κ3) is 3.00. The van der Waals surface area contributed by atoms with Gasteiger partial charge in [-0.15, -0.1) is 0 Å². The molecule has 0 unspecified atom stereocenters. The van der Waals surface area contributed by atoms with Gasteiger partial charge in [0, 0.05) is 12.7 Å². The Hall–Kier alpha value is -1.49. The first kappa shape index (κ1) is 12.6. The molecule has 1 N–H and O–H groups in total. The Bertz CT molecular complexity index is 404. The molecule has 16 heavy (non-hydrogen) atoms. The van der Waals surface area contributed by atoms with Crippen molar-refractivity contribution in [3.8, 4) is 0 Å². The van der Waals surface area contributed by atoms with Gasteiger partial charge in [-0.3, -0.25) is 10.1 Å². The maximum absolute atomic E-state index is 13.0. The number of hydrogen-bond acceptors (Lipinski definition) is 3. The van der Waals surface area contributed by atoms with Crippen molar-refractivity contribution in [1.82, 2.24) is 0 Å². The topological polar surface area (TPSA) is 63.4 Å². The third-order valence-corrected chi connectivity index (χ3v) is 2.32. The molecule has 0 saturated carbocycles. The summed E-state index contributed by atoms with van der Waals surface area (Å²) >= 11 is 0. The molecule has 1 aromatic carbocycles. The number of nitro groups is 1. The minimum atomic E-state index is -0.837. The van der Waals surface area contributed by atoms with Crippen molar-refractivity contribution in [1.29, 1.82) is 0 Å². The van der Waals surface area contributed by atoms with Gasteiger partial charge in [0.1, 0.15) is 0 Å². The standard InChI is InChI=1S/C11H14FNO3/c1-11(2,7-14)6-8-3-4-9(12)10(5-8)13(15)16/h3-5,14H,6-7H2,1-2H3. The van der Waals surface area contributed by atoms with Crippen LogP contribution < -0.4 is 0 Å². The molecule has 0 heterocycles. The van der Waals surface area contributed by atoms with Gasteiger partial charge in [-0.05, 0) is 23.5 Å². The lowest BCUT2D eigenvalue weighted by Gasteiger charge is -2.21. The summed E-state index contributed by atoms with van der Waals surface area (Å²) in [6.07, 6.45) is 0.463. The average molecular weight is 227 g/mol. The Kier molecular flexibility index (Phi) is 3.59. The van der Waals surface area contributed by atoms with Crippen molar-refractivity contribution in [2.75, 3.05) is 6.61 Å². The third-order valence-electron chi connectivity index (χ3n) is 2.32. The Morgan fingerprint density at radius 2 is 2.12 bits per heavy atom. The van der Waals surface area contributed by atoms with Gasteiger partial charge in [-0.25, -0.2) is 0 Å². The van der Waals surface area contributed by atoms with Crippen LogP contribution >= 0.6 is 0 Å². The van der Waals surface area contributed by atoms with Crippen LogP contribution in [0.25, 0.3) is 0 Å². The zero-order chi connectivity index (χ0) is 12.3. The molecular formula is C11H14FNO3. The van der Waals surface area contributed by atoms with Gasteiger partial charge >= 0.3 is 5.69 Å². The lowest BCUT2D eigenvalue weighted by atomic mass is 9.86. The van der Waals surface area contributed by atoms with E-state index < -0.39 is 16.4 Å². The molecule has 0 spiro atoms.